The maximum atomic E-state index is 12.9. The lowest BCUT2D eigenvalue weighted by Gasteiger charge is -2.26. The van der Waals surface area contributed by atoms with E-state index in [1.54, 1.807) is 48.5 Å². The third-order valence-electron chi connectivity index (χ3n) is 6.13. The first-order valence-corrected chi connectivity index (χ1v) is 12.5. The topological polar surface area (TPSA) is 124 Å². The molecule has 0 bridgehead atoms. The molecule has 0 spiro atoms. The van der Waals surface area contributed by atoms with Gasteiger partial charge in [0.05, 0.1) is 16.8 Å². The lowest BCUT2D eigenvalue weighted by molar-refractivity contribution is 0.0696. The van der Waals surface area contributed by atoms with E-state index in [9.17, 15) is 14.7 Å². The van der Waals surface area contributed by atoms with Crippen molar-refractivity contribution in [2.75, 3.05) is 18.5 Å². The molecular formula is C30H35N3O5. The summed E-state index contributed by atoms with van der Waals surface area (Å²) < 4.78 is 5.77. The second kappa shape index (κ2) is 13.4. The van der Waals surface area contributed by atoms with Gasteiger partial charge in [-0.1, -0.05) is 43.3 Å². The van der Waals surface area contributed by atoms with Gasteiger partial charge in [-0.05, 0) is 62.7 Å². The number of hydrogen-bond acceptors (Lipinski definition) is 5. The highest BCUT2D eigenvalue weighted by Crippen LogP contribution is 2.25. The van der Waals surface area contributed by atoms with Gasteiger partial charge in [0.15, 0.2) is 0 Å². The number of aromatic carboxylic acids is 1. The van der Waals surface area contributed by atoms with Crippen LogP contribution in [0.15, 0.2) is 85.1 Å². The number of anilines is 1. The number of aromatic amines is 1. The van der Waals surface area contributed by atoms with Crippen molar-refractivity contribution in [3.63, 3.8) is 0 Å². The number of carbonyl (C=O) groups is 2. The normalized spacial score (nSPS) is 11.8. The number of rotatable bonds is 10. The van der Waals surface area contributed by atoms with Crippen LogP contribution < -0.4 is 15.4 Å². The zero-order chi connectivity index (χ0) is 27.5. The molecule has 1 unspecified atom stereocenters. The Hall–Kier alpha value is -4.14. The second-order valence-corrected chi connectivity index (χ2v) is 9.45. The smallest absolute Gasteiger partial charge is 0.335 e. The lowest BCUT2D eigenvalue weighted by atomic mass is 10.0. The number of H-pyrrole nitrogens is 1. The quantitative estimate of drug-likeness (QED) is 0.194. The molecule has 0 saturated carbocycles. The third kappa shape index (κ3) is 8.19. The molecule has 38 heavy (non-hydrogen) atoms. The van der Waals surface area contributed by atoms with Gasteiger partial charge in [0.1, 0.15) is 18.5 Å². The largest absolute Gasteiger partial charge is 0.490 e. The summed E-state index contributed by atoms with van der Waals surface area (Å²) in [4.78, 5) is 26.2. The van der Waals surface area contributed by atoms with Crippen molar-refractivity contribution >= 4 is 28.5 Å². The standard InChI is InChI=1S/C23H29N3O3.C7H6O2/c1-4-23(2,3)25-14-16(27)15-29-21-11-6-5-8-18(21)22(28)26-20-10-7-9-19-17(20)12-13-24-19;8-7(9)6-4-2-1-3-5-6/h5-13,16,24-25,27H,4,14-15H2,1-3H3,(H,26,28);1-5H,(H,8,9). The predicted molar refractivity (Wildman–Crippen MR) is 150 cm³/mol. The summed E-state index contributed by atoms with van der Waals surface area (Å²) in [5.74, 6) is -0.690. The minimum atomic E-state index is -0.879. The molecule has 8 nitrogen and oxygen atoms in total. The average Bonchev–Trinajstić information content (AvgIpc) is 3.42. The van der Waals surface area contributed by atoms with Crippen LogP contribution in [0.5, 0.6) is 5.75 Å². The van der Waals surface area contributed by atoms with E-state index in [2.05, 4.69) is 36.4 Å². The molecule has 0 aliphatic carbocycles. The predicted octanol–water partition coefficient (Wildman–Crippen LogP) is 5.32. The Morgan fingerprint density at radius 1 is 0.974 bits per heavy atom. The first kappa shape index (κ1) is 28.4. The van der Waals surface area contributed by atoms with Gasteiger partial charge < -0.3 is 30.6 Å². The van der Waals surface area contributed by atoms with Crippen molar-refractivity contribution in [2.24, 2.45) is 0 Å². The van der Waals surface area contributed by atoms with Crippen LogP contribution in [0, 0.1) is 0 Å². The number of benzene rings is 3. The van der Waals surface area contributed by atoms with Crippen LogP contribution in [0.1, 0.15) is 47.9 Å². The van der Waals surface area contributed by atoms with Crippen molar-refractivity contribution in [3.8, 4) is 5.75 Å². The molecule has 0 aliphatic heterocycles. The first-order chi connectivity index (χ1) is 18.2. The number of aliphatic hydroxyl groups excluding tert-OH is 1. The number of aromatic nitrogens is 1. The van der Waals surface area contributed by atoms with Gasteiger partial charge in [0, 0.05) is 29.2 Å². The summed E-state index contributed by atoms with van der Waals surface area (Å²) in [6.45, 7) is 6.80. The number of carbonyl (C=O) groups excluding carboxylic acids is 1. The highest BCUT2D eigenvalue weighted by Gasteiger charge is 2.18. The summed E-state index contributed by atoms with van der Waals surface area (Å²) >= 11 is 0. The molecule has 1 heterocycles. The van der Waals surface area contributed by atoms with E-state index in [1.165, 1.54) is 0 Å². The average molecular weight is 518 g/mol. The molecule has 5 N–H and O–H groups in total. The van der Waals surface area contributed by atoms with E-state index in [0.717, 1.165) is 23.0 Å². The minimum absolute atomic E-state index is 0.0436. The van der Waals surface area contributed by atoms with Gasteiger partial charge in [-0.15, -0.1) is 0 Å². The molecule has 200 valence electrons. The fourth-order valence-electron chi connectivity index (χ4n) is 3.51. The van der Waals surface area contributed by atoms with E-state index in [0.29, 0.717) is 23.4 Å². The Bertz CT molecular complexity index is 1330. The number of amides is 1. The molecule has 1 amide bonds. The van der Waals surface area contributed by atoms with E-state index < -0.39 is 12.1 Å². The fraction of sp³-hybridized carbons (Fsp3) is 0.267. The summed E-state index contributed by atoms with van der Waals surface area (Å²) in [5, 5.41) is 25.8. The van der Waals surface area contributed by atoms with Crippen molar-refractivity contribution in [1.29, 1.82) is 0 Å². The van der Waals surface area contributed by atoms with Gasteiger partial charge in [-0.2, -0.15) is 0 Å². The summed E-state index contributed by atoms with van der Waals surface area (Å²) in [7, 11) is 0. The number of para-hydroxylation sites is 1. The molecule has 1 atom stereocenters. The number of fused-ring (bicyclic) bond motifs is 1. The van der Waals surface area contributed by atoms with E-state index in [-0.39, 0.29) is 18.1 Å². The maximum absolute atomic E-state index is 12.9. The van der Waals surface area contributed by atoms with Crippen molar-refractivity contribution in [2.45, 2.75) is 38.8 Å². The zero-order valence-corrected chi connectivity index (χ0v) is 21.9. The highest BCUT2D eigenvalue weighted by atomic mass is 16.5. The van der Waals surface area contributed by atoms with E-state index in [4.69, 9.17) is 9.84 Å². The third-order valence-corrected chi connectivity index (χ3v) is 6.13. The molecular weight excluding hydrogens is 482 g/mol. The Balaban J connectivity index is 0.000000375. The highest BCUT2D eigenvalue weighted by molar-refractivity contribution is 6.10. The Morgan fingerprint density at radius 3 is 2.37 bits per heavy atom. The second-order valence-electron chi connectivity index (χ2n) is 9.45. The number of carboxylic acids is 1. The maximum Gasteiger partial charge on any atom is 0.335 e. The van der Waals surface area contributed by atoms with Gasteiger partial charge in [-0.25, -0.2) is 4.79 Å². The molecule has 1 aromatic heterocycles. The number of aliphatic hydroxyl groups is 1. The van der Waals surface area contributed by atoms with E-state index >= 15 is 0 Å². The summed E-state index contributed by atoms with van der Waals surface area (Å²) in [6, 6.07) is 23.0. The van der Waals surface area contributed by atoms with Crippen LogP contribution >= 0.6 is 0 Å². The molecule has 3 aromatic carbocycles. The molecule has 0 fully saturated rings. The van der Waals surface area contributed by atoms with Crippen LogP contribution in [0.2, 0.25) is 0 Å². The van der Waals surface area contributed by atoms with Gasteiger partial charge >= 0.3 is 5.97 Å². The van der Waals surface area contributed by atoms with Crippen molar-refractivity contribution in [1.82, 2.24) is 10.3 Å². The van der Waals surface area contributed by atoms with Crippen LogP contribution in [-0.2, 0) is 0 Å². The van der Waals surface area contributed by atoms with Crippen LogP contribution in [0.3, 0.4) is 0 Å². The summed E-state index contributed by atoms with van der Waals surface area (Å²) in [5.41, 5.74) is 2.40. The molecule has 0 saturated heterocycles. The Morgan fingerprint density at radius 2 is 1.68 bits per heavy atom. The van der Waals surface area contributed by atoms with E-state index in [1.807, 2.05) is 36.5 Å². The van der Waals surface area contributed by atoms with Gasteiger partial charge in [0.25, 0.3) is 5.91 Å². The minimum Gasteiger partial charge on any atom is -0.490 e. The monoisotopic (exact) mass is 517 g/mol. The number of carboxylic acid groups (broad SMARTS) is 1. The molecule has 8 heteroatoms. The molecule has 0 radical (unpaired) electrons. The lowest BCUT2D eigenvalue weighted by Crippen LogP contribution is -2.44. The molecule has 4 rings (SSSR count). The Kier molecular flexibility index (Phi) is 10.0. The SMILES string of the molecule is CCC(C)(C)NCC(O)COc1ccccc1C(=O)Nc1cccc2[nH]ccc12.O=C(O)c1ccccc1. The van der Waals surface area contributed by atoms with Crippen LogP contribution in [0.4, 0.5) is 5.69 Å². The Labute approximate surface area is 222 Å². The van der Waals surface area contributed by atoms with Crippen molar-refractivity contribution in [3.05, 3.63) is 96.2 Å². The molecule has 4 aromatic rings. The number of nitrogens with one attached hydrogen (secondary N) is 3. The van der Waals surface area contributed by atoms with Crippen LogP contribution in [-0.4, -0.2) is 51.9 Å². The van der Waals surface area contributed by atoms with Gasteiger partial charge in [0.2, 0.25) is 0 Å². The fourth-order valence-corrected chi connectivity index (χ4v) is 3.51. The summed E-state index contributed by atoms with van der Waals surface area (Å²) in [6.07, 6.45) is 2.12. The number of ether oxygens (including phenoxy) is 1. The van der Waals surface area contributed by atoms with Crippen LogP contribution in [0.25, 0.3) is 10.9 Å². The van der Waals surface area contributed by atoms with Gasteiger partial charge in [-0.3, -0.25) is 4.79 Å². The number of hydrogen-bond donors (Lipinski definition) is 5. The zero-order valence-electron chi connectivity index (χ0n) is 21.9. The molecule has 0 aliphatic rings. The number of β-amino-alcohol motifs (C(OH)–C–C–N with tert-alkyl or cyclic N) is 1. The first-order valence-electron chi connectivity index (χ1n) is 12.5. The van der Waals surface area contributed by atoms with Crippen molar-refractivity contribution < 1.29 is 24.5 Å².